The second-order valence-electron chi connectivity index (χ2n) is 11.6. The van der Waals surface area contributed by atoms with Crippen molar-refractivity contribution in [3.05, 3.63) is 58.6 Å². The molecule has 1 aliphatic carbocycles. The van der Waals surface area contributed by atoms with Crippen LogP contribution in [0, 0.1) is 17.6 Å². The molecule has 2 fully saturated rings. The van der Waals surface area contributed by atoms with Gasteiger partial charge < -0.3 is 19.8 Å². The molecular formula is C27H34ClF2NO6S2. The molecule has 3 aliphatic rings. The highest BCUT2D eigenvalue weighted by Crippen LogP contribution is 2.56. The van der Waals surface area contributed by atoms with Gasteiger partial charge in [0.1, 0.15) is 10.6 Å². The van der Waals surface area contributed by atoms with Crippen LogP contribution in [0.1, 0.15) is 44.1 Å². The third-order valence-electron chi connectivity index (χ3n) is 8.53. The standard InChI is InChI=1S/C27H34ClF2NO6S2/c1-39(34,35,17-26(31)11-2-3-12-26)15-10-23-20-16-37-25-22(30)9-8-21(29)24(25)27(20,13-14-36-23)38(32,33)19-6-4-18(28)5-7-19/h4-9,20,23H,2-3,10-17,31H2,1H3,(H,34,35). The molecule has 5 rings (SSSR count). The van der Waals surface area contributed by atoms with E-state index in [2.05, 4.69) is 0 Å². The zero-order chi connectivity index (χ0) is 28.3. The van der Waals surface area contributed by atoms with E-state index in [4.69, 9.17) is 26.8 Å². The third kappa shape index (κ3) is 5.15. The number of nitrogens with two attached hydrogens (primary N) is 1. The van der Waals surface area contributed by atoms with Crippen LogP contribution in [0.25, 0.3) is 0 Å². The molecule has 0 bridgehead atoms. The Bertz CT molecular complexity index is 1440. The van der Waals surface area contributed by atoms with E-state index in [1.165, 1.54) is 30.5 Å². The molecule has 1 saturated heterocycles. The lowest BCUT2D eigenvalue weighted by Gasteiger charge is -2.51. The minimum Gasteiger partial charge on any atom is -0.490 e. The Labute approximate surface area is 232 Å². The van der Waals surface area contributed by atoms with Crippen LogP contribution in [0.3, 0.4) is 0 Å². The van der Waals surface area contributed by atoms with Gasteiger partial charge in [-0.1, -0.05) is 24.4 Å². The molecule has 2 aromatic rings. The smallest absolute Gasteiger partial charge is 0.189 e. The number of sulfone groups is 1. The molecule has 3 atom stereocenters. The lowest BCUT2D eigenvalue weighted by Crippen LogP contribution is -2.59. The van der Waals surface area contributed by atoms with E-state index < -0.39 is 58.9 Å². The van der Waals surface area contributed by atoms with Crippen LogP contribution in [0.2, 0.25) is 5.02 Å². The SMILES string of the molecule is CS(=O)(O)(CCC1OCCC2(S(=O)(=O)c3ccc(Cl)cc3)c3c(F)ccc(F)c3OCC12)CC1(N)CCCC1. The molecule has 3 N–H and O–H groups in total. The van der Waals surface area contributed by atoms with E-state index in [0.29, 0.717) is 17.9 Å². The molecule has 2 heterocycles. The minimum absolute atomic E-state index is 0.0205. The van der Waals surface area contributed by atoms with Crippen LogP contribution in [0.4, 0.5) is 8.78 Å². The van der Waals surface area contributed by atoms with E-state index in [0.717, 1.165) is 25.0 Å². The van der Waals surface area contributed by atoms with Crippen molar-refractivity contribution >= 4 is 30.8 Å². The minimum atomic E-state index is -4.36. The van der Waals surface area contributed by atoms with Gasteiger partial charge in [0.15, 0.2) is 21.4 Å². The lowest BCUT2D eigenvalue weighted by atomic mass is 9.75. The molecule has 0 radical (unpaired) electrons. The number of halogens is 3. The first kappa shape index (κ1) is 28.9. The summed E-state index contributed by atoms with van der Waals surface area (Å²) >= 11 is 6.00. The van der Waals surface area contributed by atoms with Crippen molar-refractivity contribution in [3.8, 4) is 5.75 Å². The summed E-state index contributed by atoms with van der Waals surface area (Å²) < 4.78 is 93.9. The summed E-state index contributed by atoms with van der Waals surface area (Å²) in [6.45, 7) is -0.348. The lowest BCUT2D eigenvalue weighted by molar-refractivity contribution is -0.0734. The summed E-state index contributed by atoms with van der Waals surface area (Å²) in [7, 11) is -8.57. The normalized spacial score (nSPS) is 27.6. The Balaban J connectivity index is 1.56. The van der Waals surface area contributed by atoms with Gasteiger partial charge in [-0.25, -0.2) is 21.4 Å². The molecule has 0 aromatic heterocycles. The Kier molecular flexibility index (Phi) is 7.21. The van der Waals surface area contributed by atoms with Crippen molar-refractivity contribution in [2.24, 2.45) is 11.7 Å². The fourth-order valence-electron chi connectivity index (χ4n) is 6.78. The maximum atomic E-state index is 15.5. The average molecular weight is 606 g/mol. The highest BCUT2D eigenvalue weighted by atomic mass is 35.5. The average Bonchev–Trinajstić information content (AvgIpc) is 3.29. The Morgan fingerprint density at radius 3 is 2.41 bits per heavy atom. The molecule has 0 amide bonds. The Morgan fingerprint density at radius 2 is 1.74 bits per heavy atom. The zero-order valence-electron chi connectivity index (χ0n) is 21.7. The van der Waals surface area contributed by atoms with Gasteiger partial charge in [0.2, 0.25) is 0 Å². The Hall–Kier alpha value is -1.63. The number of hydrogen-bond acceptors (Lipinski definition) is 6. The van der Waals surface area contributed by atoms with E-state index >= 15 is 4.39 Å². The monoisotopic (exact) mass is 605 g/mol. The van der Waals surface area contributed by atoms with E-state index in [1.54, 1.807) is 0 Å². The number of rotatable bonds is 7. The number of benzene rings is 2. The molecule has 2 aromatic carbocycles. The summed E-state index contributed by atoms with van der Waals surface area (Å²) in [5, 5.41) is 0.323. The first-order valence-electron chi connectivity index (χ1n) is 13.0. The number of hydrogen-bond donors (Lipinski definition) is 2. The van der Waals surface area contributed by atoms with Crippen molar-refractivity contribution < 1.29 is 35.4 Å². The van der Waals surface area contributed by atoms with Crippen LogP contribution < -0.4 is 10.5 Å². The van der Waals surface area contributed by atoms with E-state index in [9.17, 15) is 21.6 Å². The predicted octanol–water partition coefficient (Wildman–Crippen LogP) is 4.67. The van der Waals surface area contributed by atoms with Crippen molar-refractivity contribution in [1.29, 1.82) is 0 Å². The summed E-state index contributed by atoms with van der Waals surface area (Å²) in [5.41, 5.74) is 5.34. The summed E-state index contributed by atoms with van der Waals surface area (Å²) in [4.78, 5) is -0.0972. The van der Waals surface area contributed by atoms with Gasteiger partial charge in [-0.3, -0.25) is 0 Å². The molecule has 12 heteroatoms. The highest BCUT2D eigenvalue weighted by Gasteiger charge is 2.61. The quantitative estimate of drug-likeness (QED) is 0.471. The topological polar surface area (TPSA) is 116 Å². The summed E-state index contributed by atoms with van der Waals surface area (Å²) in [6.07, 6.45) is 3.44. The largest absolute Gasteiger partial charge is 0.490 e. The Morgan fingerprint density at radius 1 is 1.10 bits per heavy atom. The highest BCUT2D eigenvalue weighted by molar-refractivity contribution is 8.14. The summed E-state index contributed by atoms with van der Waals surface area (Å²) in [6, 6.07) is 7.33. The number of fused-ring (bicyclic) bond motifs is 3. The van der Waals surface area contributed by atoms with Crippen LogP contribution in [-0.2, 0) is 28.7 Å². The second kappa shape index (κ2) is 9.73. The fraction of sp³-hybridized carbons (Fsp3) is 0.556. The summed E-state index contributed by atoms with van der Waals surface area (Å²) in [5.74, 6) is -3.41. The molecule has 2 aliphatic heterocycles. The predicted molar refractivity (Wildman–Crippen MR) is 146 cm³/mol. The van der Waals surface area contributed by atoms with Crippen molar-refractivity contribution in [3.63, 3.8) is 0 Å². The molecule has 3 unspecified atom stereocenters. The second-order valence-corrected chi connectivity index (χ2v) is 18.3. The van der Waals surface area contributed by atoms with Crippen LogP contribution >= 0.6 is 11.6 Å². The first-order chi connectivity index (χ1) is 18.2. The van der Waals surface area contributed by atoms with Crippen molar-refractivity contribution in [2.45, 2.75) is 59.8 Å². The molecule has 7 nitrogen and oxygen atoms in total. The maximum absolute atomic E-state index is 15.5. The fourth-order valence-corrected chi connectivity index (χ4v) is 12.0. The molecule has 0 spiro atoms. The van der Waals surface area contributed by atoms with Gasteiger partial charge in [-0.15, -0.1) is 0 Å². The van der Waals surface area contributed by atoms with Gasteiger partial charge in [-0.2, -0.15) is 9.35 Å². The molecule has 1 saturated carbocycles. The van der Waals surface area contributed by atoms with E-state index in [-0.39, 0.29) is 48.0 Å². The van der Waals surface area contributed by atoms with Gasteiger partial charge >= 0.3 is 0 Å². The maximum Gasteiger partial charge on any atom is 0.189 e. The molecule has 216 valence electrons. The molecule has 39 heavy (non-hydrogen) atoms. The van der Waals surface area contributed by atoms with Gasteiger partial charge in [0.25, 0.3) is 0 Å². The van der Waals surface area contributed by atoms with Crippen LogP contribution in [0.5, 0.6) is 5.75 Å². The third-order valence-corrected chi connectivity index (χ3v) is 13.9. The number of ether oxygens (including phenoxy) is 2. The van der Waals surface area contributed by atoms with Gasteiger partial charge in [-0.05, 0) is 62.1 Å². The van der Waals surface area contributed by atoms with Crippen molar-refractivity contribution in [2.75, 3.05) is 31.0 Å². The zero-order valence-corrected chi connectivity index (χ0v) is 24.1. The van der Waals surface area contributed by atoms with Gasteiger partial charge in [0, 0.05) is 35.1 Å². The van der Waals surface area contributed by atoms with Crippen LogP contribution in [0.15, 0.2) is 41.3 Å². The first-order valence-corrected chi connectivity index (χ1v) is 17.6. The molecular weight excluding hydrogens is 572 g/mol. The van der Waals surface area contributed by atoms with Gasteiger partial charge in [0.05, 0.1) is 28.9 Å². The van der Waals surface area contributed by atoms with E-state index in [1.807, 2.05) is 0 Å². The van der Waals surface area contributed by atoms with Crippen molar-refractivity contribution in [1.82, 2.24) is 0 Å². The van der Waals surface area contributed by atoms with Crippen LogP contribution in [-0.4, -0.2) is 59.8 Å².